The molecule has 152 valence electrons. The largest absolute Gasteiger partial charge is 0.497 e. The van der Waals surface area contributed by atoms with Gasteiger partial charge >= 0.3 is 0 Å². The minimum Gasteiger partial charge on any atom is -0.497 e. The van der Waals surface area contributed by atoms with Gasteiger partial charge in [0.15, 0.2) is 0 Å². The number of fused-ring (bicyclic) bond motifs is 1. The molecule has 8 nitrogen and oxygen atoms in total. The minimum atomic E-state index is -0.452. The number of aromatic amines is 1. The predicted octanol–water partition coefficient (Wildman–Crippen LogP) is 1.75. The summed E-state index contributed by atoms with van der Waals surface area (Å²) < 4.78 is 6.86. The van der Waals surface area contributed by atoms with Gasteiger partial charge in [-0.1, -0.05) is 0 Å². The van der Waals surface area contributed by atoms with E-state index in [1.54, 1.807) is 25.0 Å². The first-order valence-corrected chi connectivity index (χ1v) is 9.70. The fourth-order valence-electron chi connectivity index (χ4n) is 4.13. The maximum absolute atomic E-state index is 12.6. The van der Waals surface area contributed by atoms with E-state index in [4.69, 9.17) is 10.5 Å². The van der Waals surface area contributed by atoms with Gasteiger partial charge in [-0.05, 0) is 43.0 Å². The van der Waals surface area contributed by atoms with Crippen LogP contribution >= 0.6 is 0 Å². The third-order valence-corrected chi connectivity index (χ3v) is 5.54. The maximum atomic E-state index is 12.6. The molecule has 0 aliphatic carbocycles. The highest BCUT2D eigenvalue weighted by atomic mass is 16.5. The molecule has 1 aromatic carbocycles. The first-order valence-electron chi connectivity index (χ1n) is 9.70. The number of carbonyl (C=O) groups excluding carboxylic acids is 1. The number of piperidine rings is 1. The number of primary amides is 1. The van der Waals surface area contributed by atoms with E-state index in [0.717, 1.165) is 48.1 Å². The van der Waals surface area contributed by atoms with E-state index in [-0.39, 0.29) is 11.5 Å². The lowest BCUT2D eigenvalue weighted by Gasteiger charge is -2.32. The Hall–Kier alpha value is -3.13. The molecule has 0 spiro atoms. The van der Waals surface area contributed by atoms with Crippen LogP contribution in [0, 0.1) is 0 Å². The van der Waals surface area contributed by atoms with Gasteiger partial charge in [-0.2, -0.15) is 5.10 Å². The fraction of sp³-hybridized carbons (Fsp3) is 0.381. The van der Waals surface area contributed by atoms with Crippen molar-refractivity contribution >= 4 is 16.8 Å². The molecule has 8 heteroatoms. The number of carbonyl (C=O) groups is 1. The van der Waals surface area contributed by atoms with Gasteiger partial charge in [0.25, 0.3) is 11.5 Å². The number of nitrogens with one attached hydrogen (secondary N) is 1. The molecule has 3 heterocycles. The lowest BCUT2D eigenvalue weighted by atomic mass is 9.92. The third-order valence-electron chi connectivity index (χ3n) is 5.54. The Morgan fingerprint density at radius 3 is 2.97 bits per heavy atom. The number of hydrogen-bond donors (Lipinski definition) is 2. The number of methoxy groups -OCH3 is 1. The van der Waals surface area contributed by atoms with Gasteiger partial charge in [-0.15, -0.1) is 0 Å². The molecule has 29 heavy (non-hydrogen) atoms. The number of benzene rings is 1. The zero-order valence-corrected chi connectivity index (χ0v) is 16.6. The second-order valence-corrected chi connectivity index (χ2v) is 7.62. The molecule has 1 atom stereocenters. The zero-order chi connectivity index (χ0) is 20.5. The third kappa shape index (κ3) is 3.88. The van der Waals surface area contributed by atoms with Crippen molar-refractivity contribution in [3.05, 3.63) is 57.6 Å². The minimum absolute atomic E-state index is 0.0939. The topological polar surface area (TPSA) is 106 Å². The van der Waals surface area contributed by atoms with E-state index in [1.165, 1.54) is 0 Å². The maximum Gasteiger partial charge on any atom is 0.252 e. The van der Waals surface area contributed by atoms with Crippen LogP contribution in [0.4, 0.5) is 0 Å². The highest BCUT2D eigenvalue weighted by molar-refractivity contribution is 5.93. The SMILES string of the molecule is COc1ccc2cc(CN3CCCC(c4nn(C)cc4C(N)=O)C3)c(=O)[nH]c2c1. The highest BCUT2D eigenvalue weighted by Gasteiger charge is 2.27. The summed E-state index contributed by atoms with van der Waals surface area (Å²) in [6, 6.07) is 7.59. The lowest BCUT2D eigenvalue weighted by molar-refractivity contribution is 0.0997. The van der Waals surface area contributed by atoms with E-state index < -0.39 is 5.91 Å². The Kier molecular flexibility index (Phi) is 5.10. The van der Waals surface area contributed by atoms with Gasteiger partial charge < -0.3 is 15.5 Å². The summed E-state index contributed by atoms with van der Waals surface area (Å²) in [5.74, 6) is 0.378. The van der Waals surface area contributed by atoms with E-state index in [9.17, 15) is 9.59 Å². The first kappa shape index (κ1) is 19.2. The second-order valence-electron chi connectivity index (χ2n) is 7.62. The smallest absolute Gasteiger partial charge is 0.252 e. The number of ether oxygens (including phenoxy) is 1. The van der Waals surface area contributed by atoms with Gasteiger partial charge in [-0.25, -0.2) is 0 Å². The Labute approximate surface area is 168 Å². The summed E-state index contributed by atoms with van der Waals surface area (Å²) in [5, 5.41) is 5.45. The highest BCUT2D eigenvalue weighted by Crippen LogP contribution is 2.29. The number of aromatic nitrogens is 3. The summed E-state index contributed by atoms with van der Waals surface area (Å²) in [6.45, 7) is 2.18. The number of rotatable bonds is 5. The molecule has 1 aliphatic heterocycles. The van der Waals surface area contributed by atoms with Gasteiger partial charge in [0.2, 0.25) is 0 Å². The van der Waals surface area contributed by atoms with E-state index in [1.807, 2.05) is 24.3 Å². The molecule has 4 rings (SSSR count). The number of amides is 1. The van der Waals surface area contributed by atoms with E-state index in [0.29, 0.717) is 17.9 Å². The number of nitrogens with two attached hydrogens (primary N) is 1. The molecule has 0 bridgehead atoms. The summed E-state index contributed by atoms with van der Waals surface area (Å²) in [5.41, 5.74) is 8.15. The van der Waals surface area contributed by atoms with Crippen LogP contribution in [0.2, 0.25) is 0 Å². The van der Waals surface area contributed by atoms with Crippen molar-refractivity contribution in [2.24, 2.45) is 12.8 Å². The standard InChI is InChI=1S/C21H25N5O3/c1-25-12-17(20(22)27)19(24-25)14-4-3-7-26(10-14)11-15-8-13-5-6-16(29-2)9-18(13)23-21(15)28/h5-6,8-9,12,14H,3-4,7,10-11H2,1-2H3,(H2,22,27)(H,23,28). The number of hydrogen-bond acceptors (Lipinski definition) is 5. The number of nitrogens with zero attached hydrogens (tertiary/aromatic N) is 3. The number of likely N-dealkylation sites (tertiary alicyclic amines) is 1. The van der Waals surface area contributed by atoms with E-state index >= 15 is 0 Å². The van der Waals surface area contributed by atoms with Crippen LogP contribution in [0.5, 0.6) is 5.75 Å². The first-order chi connectivity index (χ1) is 13.9. The number of aryl methyl sites for hydroxylation is 1. The summed E-state index contributed by atoms with van der Waals surface area (Å²) >= 11 is 0. The van der Waals surface area contributed by atoms with Crippen LogP contribution < -0.4 is 16.0 Å². The van der Waals surface area contributed by atoms with Crippen molar-refractivity contribution in [1.29, 1.82) is 0 Å². The number of pyridine rings is 1. The zero-order valence-electron chi connectivity index (χ0n) is 16.6. The van der Waals surface area contributed by atoms with Crippen LogP contribution in [0.3, 0.4) is 0 Å². The van der Waals surface area contributed by atoms with Gasteiger partial charge in [0.1, 0.15) is 5.75 Å². The quantitative estimate of drug-likeness (QED) is 0.685. The van der Waals surface area contributed by atoms with Crippen molar-refractivity contribution in [2.45, 2.75) is 25.3 Å². The van der Waals surface area contributed by atoms with Crippen molar-refractivity contribution in [3.8, 4) is 5.75 Å². The molecule has 3 N–H and O–H groups in total. The monoisotopic (exact) mass is 395 g/mol. The van der Waals surface area contributed by atoms with Gasteiger partial charge in [-0.3, -0.25) is 19.2 Å². The van der Waals surface area contributed by atoms with Crippen LogP contribution in [-0.4, -0.2) is 45.8 Å². The van der Waals surface area contributed by atoms with Crippen molar-refractivity contribution in [2.75, 3.05) is 20.2 Å². The molecule has 2 aromatic heterocycles. The summed E-state index contributed by atoms with van der Waals surface area (Å²) in [7, 11) is 3.39. The molecular weight excluding hydrogens is 370 g/mol. The van der Waals surface area contributed by atoms with Crippen molar-refractivity contribution in [1.82, 2.24) is 19.7 Å². The Morgan fingerprint density at radius 1 is 1.38 bits per heavy atom. The summed E-state index contributed by atoms with van der Waals surface area (Å²) in [6.07, 6.45) is 3.60. The molecule has 1 aliphatic rings. The van der Waals surface area contributed by atoms with Gasteiger partial charge in [0.05, 0.1) is 23.9 Å². The molecule has 0 saturated carbocycles. The second kappa shape index (κ2) is 7.71. The van der Waals surface area contributed by atoms with Crippen LogP contribution in [0.25, 0.3) is 10.9 Å². The molecule has 1 amide bonds. The Balaban J connectivity index is 1.56. The average molecular weight is 395 g/mol. The normalized spacial score (nSPS) is 17.5. The molecule has 1 saturated heterocycles. The Bertz CT molecular complexity index is 1120. The van der Waals surface area contributed by atoms with Crippen LogP contribution in [0.1, 0.15) is 40.4 Å². The fourth-order valence-corrected chi connectivity index (χ4v) is 4.13. The molecule has 1 unspecified atom stereocenters. The van der Waals surface area contributed by atoms with Crippen LogP contribution in [0.15, 0.2) is 35.3 Å². The molecule has 3 aromatic rings. The molecule has 1 fully saturated rings. The van der Waals surface area contributed by atoms with Crippen LogP contribution in [-0.2, 0) is 13.6 Å². The predicted molar refractivity (Wildman–Crippen MR) is 110 cm³/mol. The molecular formula is C21H25N5O3. The van der Waals surface area contributed by atoms with Crippen molar-refractivity contribution in [3.63, 3.8) is 0 Å². The molecule has 0 radical (unpaired) electrons. The van der Waals surface area contributed by atoms with Crippen molar-refractivity contribution < 1.29 is 9.53 Å². The number of H-pyrrole nitrogens is 1. The summed E-state index contributed by atoms with van der Waals surface area (Å²) in [4.78, 5) is 29.6. The average Bonchev–Trinajstić information content (AvgIpc) is 3.10. The Morgan fingerprint density at radius 2 is 2.21 bits per heavy atom. The van der Waals surface area contributed by atoms with Gasteiger partial charge in [0, 0.05) is 43.9 Å². The lowest BCUT2D eigenvalue weighted by Crippen LogP contribution is -2.36. The van der Waals surface area contributed by atoms with E-state index in [2.05, 4.69) is 15.0 Å².